The third kappa shape index (κ3) is 3.72. The molecule has 0 radical (unpaired) electrons. The van der Waals surface area contributed by atoms with Crippen LogP contribution in [0.2, 0.25) is 0 Å². The lowest BCUT2D eigenvalue weighted by Gasteiger charge is -2.16. The second-order valence-electron chi connectivity index (χ2n) is 6.78. The smallest absolute Gasteiger partial charge is 0.279 e. The molecule has 0 N–H and O–H groups in total. The second kappa shape index (κ2) is 8.42. The maximum absolute atomic E-state index is 12.7. The van der Waals surface area contributed by atoms with Gasteiger partial charge in [-0.2, -0.15) is 10.2 Å². The lowest BCUT2D eigenvalue weighted by atomic mass is 10.3. The zero-order valence-corrected chi connectivity index (χ0v) is 16.9. The first-order valence-electron chi connectivity index (χ1n) is 9.79. The van der Waals surface area contributed by atoms with Crippen molar-refractivity contribution >= 4 is 17.4 Å². The van der Waals surface area contributed by atoms with Gasteiger partial charge in [0.2, 0.25) is 0 Å². The van der Waals surface area contributed by atoms with Gasteiger partial charge in [-0.25, -0.2) is 9.67 Å². The van der Waals surface area contributed by atoms with Crippen LogP contribution in [0, 0.1) is 0 Å². The molecule has 29 heavy (non-hydrogen) atoms. The van der Waals surface area contributed by atoms with Crippen molar-refractivity contribution in [3.63, 3.8) is 0 Å². The molecule has 9 heteroatoms. The number of anilines is 2. The number of amides is 1. The molecule has 0 unspecified atom stereocenters. The molecule has 0 aliphatic carbocycles. The summed E-state index contributed by atoms with van der Waals surface area (Å²) in [6, 6.07) is 4.03. The normalized spacial score (nSPS) is 15.1. The van der Waals surface area contributed by atoms with Gasteiger partial charge in [0.1, 0.15) is 5.82 Å². The maximum atomic E-state index is 12.7. The molecular formula is C20H26FN7O. The monoisotopic (exact) mass is 399 g/mol. The number of carbonyl (C=O) groups is 1. The van der Waals surface area contributed by atoms with E-state index >= 15 is 0 Å². The topological polar surface area (TPSA) is 72.1 Å². The van der Waals surface area contributed by atoms with Gasteiger partial charge in [0.25, 0.3) is 5.91 Å². The standard InChI is InChI=1S/C18H19N7O.C2H6.FH/c1-22-12-15(9-20-22)24-10-13-11-25(21-17(13)18(24)26)14-4-5-16(19-8-14)23-6-2-3-7-23;1-2;/h4-5,8-9,11-12H,2-3,6-7,10H2,1H3;1-2H3;1H. The van der Waals surface area contributed by atoms with Gasteiger partial charge in [0.15, 0.2) is 5.69 Å². The fourth-order valence-corrected chi connectivity index (χ4v) is 3.61. The fourth-order valence-electron chi connectivity index (χ4n) is 3.61. The average Bonchev–Trinajstić information content (AvgIpc) is 3.50. The third-order valence-electron chi connectivity index (χ3n) is 5.00. The molecule has 0 atom stereocenters. The van der Waals surface area contributed by atoms with Crippen LogP contribution in [0.4, 0.5) is 16.2 Å². The van der Waals surface area contributed by atoms with E-state index in [1.807, 2.05) is 51.6 Å². The molecule has 3 aromatic heterocycles. The van der Waals surface area contributed by atoms with Gasteiger partial charge in [0.05, 0.1) is 30.3 Å². The Bertz CT molecular complexity index is 973. The molecule has 2 aliphatic rings. The fraction of sp³-hybridized carbons (Fsp3) is 0.400. The van der Waals surface area contributed by atoms with Crippen LogP contribution in [0.5, 0.6) is 0 Å². The van der Waals surface area contributed by atoms with Crippen LogP contribution in [0.1, 0.15) is 42.7 Å². The number of halogens is 1. The van der Waals surface area contributed by atoms with E-state index in [9.17, 15) is 4.79 Å². The first-order valence-corrected chi connectivity index (χ1v) is 9.79. The Balaban J connectivity index is 0.000000778. The number of nitrogens with zero attached hydrogens (tertiary/aromatic N) is 7. The van der Waals surface area contributed by atoms with E-state index in [2.05, 4.69) is 20.1 Å². The van der Waals surface area contributed by atoms with Crippen molar-refractivity contribution in [1.29, 1.82) is 0 Å². The van der Waals surface area contributed by atoms with Gasteiger partial charge in [-0.1, -0.05) is 13.8 Å². The van der Waals surface area contributed by atoms with Crippen molar-refractivity contribution in [3.05, 3.63) is 48.2 Å². The molecule has 1 amide bonds. The molecule has 1 saturated heterocycles. The molecule has 5 rings (SSSR count). The highest BCUT2D eigenvalue weighted by Crippen LogP contribution is 2.28. The van der Waals surface area contributed by atoms with Crippen LogP contribution >= 0.6 is 0 Å². The Morgan fingerprint density at radius 1 is 1.00 bits per heavy atom. The molecule has 8 nitrogen and oxygen atoms in total. The lowest BCUT2D eigenvalue weighted by Crippen LogP contribution is -2.24. The highest BCUT2D eigenvalue weighted by Gasteiger charge is 2.32. The number of aromatic nitrogens is 5. The highest BCUT2D eigenvalue weighted by molar-refractivity contribution is 6.08. The molecule has 0 spiro atoms. The number of aryl methyl sites for hydroxylation is 1. The molecule has 2 aliphatic heterocycles. The Morgan fingerprint density at radius 2 is 1.76 bits per heavy atom. The zero-order valence-electron chi connectivity index (χ0n) is 16.9. The van der Waals surface area contributed by atoms with E-state index in [1.165, 1.54) is 12.8 Å². The van der Waals surface area contributed by atoms with Gasteiger partial charge < -0.3 is 4.90 Å². The minimum absolute atomic E-state index is 0. The summed E-state index contributed by atoms with van der Waals surface area (Å²) in [6.07, 6.45) is 9.71. The molecule has 0 aromatic carbocycles. The van der Waals surface area contributed by atoms with E-state index in [-0.39, 0.29) is 10.6 Å². The van der Waals surface area contributed by atoms with Gasteiger partial charge in [-0.05, 0) is 25.0 Å². The molecule has 1 fully saturated rings. The SMILES string of the molecule is CC.Cn1cc(N2Cc3cn(-c4ccc(N5CCCC5)nc4)nc3C2=O)cn1.F. The summed E-state index contributed by atoms with van der Waals surface area (Å²) in [5.41, 5.74) is 3.07. The van der Waals surface area contributed by atoms with Crippen molar-refractivity contribution in [3.8, 4) is 5.69 Å². The van der Waals surface area contributed by atoms with Crippen LogP contribution in [-0.2, 0) is 13.6 Å². The van der Waals surface area contributed by atoms with E-state index < -0.39 is 0 Å². The largest absolute Gasteiger partial charge is 0.357 e. The molecule has 154 valence electrons. The zero-order chi connectivity index (χ0) is 19.7. The van der Waals surface area contributed by atoms with Crippen LogP contribution in [0.3, 0.4) is 0 Å². The van der Waals surface area contributed by atoms with Gasteiger partial charge in [-0.3, -0.25) is 19.1 Å². The minimum Gasteiger partial charge on any atom is -0.357 e. The van der Waals surface area contributed by atoms with Gasteiger partial charge >= 0.3 is 0 Å². The predicted octanol–water partition coefficient (Wildman–Crippen LogP) is 2.94. The highest BCUT2D eigenvalue weighted by atomic mass is 19.0. The van der Waals surface area contributed by atoms with E-state index in [0.29, 0.717) is 12.2 Å². The van der Waals surface area contributed by atoms with Crippen molar-refractivity contribution < 1.29 is 9.50 Å². The molecule has 5 heterocycles. The maximum Gasteiger partial charge on any atom is 0.279 e. The first-order chi connectivity index (χ1) is 13.7. The van der Waals surface area contributed by atoms with Crippen LogP contribution in [-0.4, -0.2) is 43.5 Å². The number of pyridine rings is 1. The van der Waals surface area contributed by atoms with Gasteiger partial charge in [-0.15, -0.1) is 0 Å². The number of rotatable bonds is 3. The predicted molar refractivity (Wildman–Crippen MR) is 110 cm³/mol. The summed E-state index contributed by atoms with van der Waals surface area (Å²) in [5, 5.41) is 8.63. The summed E-state index contributed by atoms with van der Waals surface area (Å²) in [7, 11) is 1.84. The summed E-state index contributed by atoms with van der Waals surface area (Å²) in [4.78, 5) is 21.2. The summed E-state index contributed by atoms with van der Waals surface area (Å²) < 4.78 is 3.43. The Labute approximate surface area is 169 Å². The van der Waals surface area contributed by atoms with Crippen LogP contribution < -0.4 is 9.80 Å². The lowest BCUT2D eigenvalue weighted by molar-refractivity contribution is 0.0991. The van der Waals surface area contributed by atoms with Crippen molar-refractivity contribution in [2.75, 3.05) is 22.9 Å². The van der Waals surface area contributed by atoms with E-state index in [1.54, 1.807) is 20.5 Å². The molecule has 0 bridgehead atoms. The Morgan fingerprint density at radius 3 is 2.34 bits per heavy atom. The number of hydrogen-bond donors (Lipinski definition) is 0. The van der Waals surface area contributed by atoms with Crippen molar-refractivity contribution in [1.82, 2.24) is 24.5 Å². The first kappa shape index (κ1) is 20.5. The summed E-state index contributed by atoms with van der Waals surface area (Å²) >= 11 is 0. The summed E-state index contributed by atoms with van der Waals surface area (Å²) in [6.45, 7) is 6.65. The van der Waals surface area contributed by atoms with Gasteiger partial charge in [0, 0.05) is 38.1 Å². The molecular weight excluding hydrogens is 373 g/mol. The Kier molecular flexibility index (Phi) is 5.95. The molecule has 3 aromatic rings. The number of hydrogen-bond acceptors (Lipinski definition) is 5. The number of carbonyl (C=O) groups excluding carboxylic acids is 1. The quantitative estimate of drug-likeness (QED) is 0.677. The second-order valence-corrected chi connectivity index (χ2v) is 6.78. The average molecular weight is 399 g/mol. The van der Waals surface area contributed by atoms with Crippen molar-refractivity contribution in [2.24, 2.45) is 7.05 Å². The van der Waals surface area contributed by atoms with Crippen LogP contribution in [0.25, 0.3) is 5.69 Å². The molecule has 0 saturated carbocycles. The van der Waals surface area contributed by atoms with Crippen molar-refractivity contribution in [2.45, 2.75) is 33.2 Å². The van der Waals surface area contributed by atoms with E-state index in [4.69, 9.17) is 0 Å². The van der Waals surface area contributed by atoms with Crippen LogP contribution in [0.15, 0.2) is 36.9 Å². The minimum atomic E-state index is -0.0894. The Hall–Kier alpha value is -3.23. The van der Waals surface area contributed by atoms with E-state index in [0.717, 1.165) is 35.8 Å². The third-order valence-corrected chi connectivity index (χ3v) is 5.00. The number of fused-ring (bicyclic) bond motifs is 1. The summed E-state index contributed by atoms with van der Waals surface area (Å²) in [5.74, 6) is 0.915.